The summed E-state index contributed by atoms with van der Waals surface area (Å²) in [6, 6.07) is 8.30. The summed E-state index contributed by atoms with van der Waals surface area (Å²) < 4.78 is 0. The number of rotatable bonds is 3. The Kier molecular flexibility index (Phi) is 3.02. The van der Waals surface area contributed by atoms with Crippen LogP contribution in [0.3, 0.4) is 0 Å². The zero-order valence-electron chi connectivity index (χ0n) is 8.56. The number of hydrogen-bond donors (Lipinski definition) is 2. The zero-order chi connectivity index (χ0) is 12.6. The van der Waals surface area contributed by atoms with Crippen molar-refractivity contribution in [2.75, 3.05) is 0 Å². The van der Waals surface area contributed by atoms with Crippen LogP contribution in [0.2, 0.25) is 0 Å². The fourth-order valence-corrected chi connectivity index (χ4v) is 2.47. The first-order chi connectivity index (χ1) is 8.00. The molecule has 6 heteroatoms. The van der Waals surface area contributed by atoms with Gasteiger partial charge in [-0.1, -0.05) is 18.2 Å². The quantitative estimate of drug-likeness (QED) is 0.820. The molecule has 2 N–H and O–H groups in total. The van der Waals surface area contributed by atoms with Gasteiger partial charge >= 0.3 is 5.97 Å². The van der Waals surface area contributed by atoms with Crippen molar-refractivity contribution >= 4 is 35.1 Å². The van der Waals surface area contributed by atoms with Crippen LogP contribution in [-0.2, 0) is 4.79 Å². The highest BCUT2D eigenvalue weighted by Gasteiger charge is 2.70. The lowest BCUT2D eigenvalue weighted by molar-refractivity contribution is -0.140. The van der Waals surface area contributed by atoms with Gasteiger partial charge in [-0.05, 0) is 12.1 Å². The number of alkyl halides is 2. The van der Waals surface area contributed by atoms with Gasteiger partial charge in [0.05, 0.1) is 10.8 Å². The van der Waals surface area contributed by atoms with E-state index in [0.29, 0.717) is 5.56 Å². The van der Waals surface area contributed by atoms with Crippen LogP contribution in [0, 0.1) is 0 Å². The van der Waals surface area contributed by atoms with E-state index in [4.69, 9.17) is 28.3 Å². The lowest BCUT2D eigenvalue weighted by atomic mass is 10.2. The van der Waals surface area contributed by atoms with Crippen LogP contribution in [0.5, 0.6) is 0 Å². The molecule has 90 valence electrons. The first kappa shape index (κ1) is 12.2. The molecule has 0 spiro atoms. The van der Waals surface area contributed by atoms with Crippen molar-refractivity contribution < 1.29 is 14.7 Å². The molecule has 17 heavy (non-hydrogen) atoms. The molecule has 0 saturated heterocycles. The number of amides is 1. The average molecular weight is 274 g/mol. The SMILES string of the molecule is O=C(NC1(C(=O)O)C(Cl)C1Cl)c1ccccc1. The maximum Gasteiger partial charge on any atom is 0.332 e. The fourth-order valence-electron chi connectivity index (χ4n) is 1.58. The van der Waals surface area contributed by atoms with E-state index in [1.165, 1.54) is 0 Å². The van der Waals surface area contributed by atoms with Crippen molar-refractivity contribution in [3.63, 3.8) is 0 Å². The van der Waals surface area contributed by atoms with Gasteiger partial charge in [-0.15, -0.1) is 23.2 Å². The Hall–Kier alpha value is -1.26. The largest absolute Gasteiger partial charge is 0.479 e. The summed E-state index contributed by atoms with van der Waals surface area (Å²) in [7, 11) is 0. The Balaban J connectivity index is 2.17. The summed E-state index contributed by atoms with van der Waals surface area (Å²) in [5.74, 6) is -1.72. The molecular formula is C11H9Cl2NO3. The van der Waals surface area contributed by atoms with Gasteiger partial charge in [0.25, 0.3) is 5.91 Å². The Morgan fingerprint density at radius 1 is 1.18 bits per heavy atom. The minimum absolute atomic E-state index is 0.368. The second kappa shape index (κ2) is 4.20. The lowest BCUT2D eigenvalue weighted by Gasteiger charge is -2.13. The molecule has 0 aromatic heterocycles. The second-order valence-corrected chi connectivity index (χ2v) is 4.74. The highest BCUT2D eigenvalue weighted by molar-refractivity contribution is 6.40. The van der Waals surface area contributed by atoms with E-state index in [2.05, 4.69) is 5.32 Å². The third-order valence-corrected chi connectivity index (χ3v) is 4.05. The van der Waals surface area contributed by atoms with Crippen LogP contribution in [0.15, 0.2) is 30.3 Å². The van der Waals surface area contributed by atoms with E-state index in [-0.39, 0.29) is 0 Å². The molecule has 1 amide bonds. The predicted molar refractivity (Wildman–Crippen MR) is 63.6 cm³/mol. The number of carbonyl (C=O) groups is 2. The van der Waals surface area contributed by atoms with E-state index >= 15 is 0 Å². The van der Waals surface area contributed by atoms with E-state index < -0.39 is 28.2 Å². The Morgan fingerprint density at radius 2 is 1.71 bits per heavy atom. The number of benzene rings is 1. The fraction of sp³-hybridized carbons (Fsp3) is 0.273. The van der Waals surface area contributed by atoms with Gasteiger partial charge < -0.3 is 10.4 Å². The van der Waals surface area contributed by atoms with E-state index in [9.17, 15) is 9.59 Å². The minimum Gasteiger partial charge on any atom is -0.479 e. The Labute approximate surface area is 108 Å². The first-order valence-electron chi connectivity index (χ1n) is 4.89. The van der Waals surface area contributed by atoms with Gasteiger partial charge in [-0.3, -0.25) is 4.79 Å². The molecule has 2 atom stereocenters. The molecule has 0 bridgehead atoms. The maximum atomic E-state index is 11.8. The molecule has 0 aliphatic heterocycles. The van der Waals surface area contributed by atoms with Crippen LogP contribution in [-0.4, -0.2) is 33.3 Å². The first-order valence-corrected chi connectivity index (χ1v) is 5.76. The van der Waals surface area contributed by atoms with E-state index in [1.54, 1.807) is 30.3 Å². The van der Waals surface area contributed by atoms with E-state index in [1.807, 2.05) is 0 Å². The summed E-state index contributed by atoms with van der Waals surface area (Å²) in [5.41, 5.74) is -1.19. The summed E-state index contributed by atoms with van der Waals surface area (Å²) in [6.45, 7) is 0. The van der Waals surface area contributed by atoms with Crippen LogP contribution >= 0.6 is 23.2 Å². The highest BCUT2D eigenvalue weighted by atomic mass is 35.5. The Bertz CT molecular complexity index is 455. The molecular weight excluding hydrogens is 265 g/mol. The molecule has 2 unspecified atom stereocenters. The van der Waals surface area contributed by atoms with Crippen molar-refractivity contribution in [3.05, 3.63) is 35.9 Å². The molecule has 0 heterocycles. The third-order valence-electron chi connectivity index (χ3n) is 2.73. The van der Waals surface area contributed by atoms with Gasteiger partial charge in [0, 0.05) is 5.56 Å². The molecule has 1 aromatic rings. The summed E-state index contributed by atoms with van der Waals surface area (Å²) >= 11 is 11.5. The van der Waals surface area contributed by atoms with Crippen molar-refractivity contribution in [1.82, 2.24) is 5.32 Å². The lowest BCUT2D eigenvalue weighted by Crippen LogP contribution is -2.46. The van der Waals surface area contributed by atoms with Gasteiger partial charge in [0.1, 0.15) is 0 Å². The van der Waals surface area contributed by atoms with Crippen molar-refractivity contribution in [3.8, 4) is 0 Å². The van der Waals surface area contributed by atoms with Crippen LogP contribution in [0.4, 0.5) is 0 Å². The number of carboxylic acids is 1. The standard InChI is InChI=1S/C11H9Cl2NO3/c12-7-8(13)11(7,10(16)17)14-9(15)6-4-2-1-3-5-6/h1-5,7-8H,(H,14,15)(H,16,17). The average Bonchev–Trinajstić information content (AvgIpc) is 2.84. The van der Waals surface area contributed by atoms with Gasteiger partial charge in [0.2, 0.25) is 0 Å². The highest BCUT2D eigenvalue weighted by Crippen LogP contribution is 2.46. The Morgan fingerprint density at radius 3 is 2.12 bits per heavy atom. The smallest absolute Gasteiger partial charge is 0.332 e. The molecule has 1 aromatic carbocycles. The van der Waals surface area contributed by atoms with Gasteiger partial charge in [-0.2, -0.15) is 0 Å². The van der Waals surface area contributed by atoms with E-state index in [0.717, 1.165) is 0 Å². The number of hydrogen-bond acceptors (Lipinski definition) is 2. The van der Waals surface area contributed by atoms with Gasteiger partial charge in [0.15, 0.2) is 5.54 Å². The number of carbonyl (C=O) groups excluding carboxylic acids is 1. The number of carboxylic acid groups (broad SMARTS) is 1. The van der Waals surface area contributed by atoms with Crippen molar-refractivity contribution in [2.45, 2.75) is 16.3 Å². The normalized spacial score (nSPS) is 30.7. The van der Waals surface area contributed by atoms with Crippen LogP contribution in [0.25, 0.3) is 0 Å². The van der Waals surface area contributed by atoms with Gasteiger partial charge in [-0.25, -0.2) is 4.79 Å². The second-order valence-electron chi connectivity index (χ2n) is 3.80. The summed E-state index contributed by atoms with van der Waals surface area (Å²) in [4.78, 5) is 22.9. The number of aliphatic carboxylic acids is 1. The summed E-state index contributed by atoms with van der Waals surface area (Å²) in [5, 5.41) is 9.84. The summed E-state index contributed by atoms with van der Waals surface area (Å²) in [6.07, 6.45) is 0. The predicted octanol–water partition coefficient (Wildman–Crippen LogP) is 1.47. The molecule has 1 saturated carbocycles. The molecule has 1 fully saturated rings. The molecule has 1 aliphatic carbocycles. The number of halogens is 2. The van der Waals surface area contributed by atoms with Crippen molar-refractivity contribution in [1.29, 1.82) is 0 Å². The monoisotopic (exact) mass is 273 g/mol. The molecule has 4 nitrogen and oxygen atoms in total. The molecule has 1 aliphatic rings. The third kappa shape index (κ3) is 1.87. The zero-order valence-corrected chi connectivity index (χ0v) is 10.1. The topological polar surface area (TPSA) is 66.4 Å². The van der Waals surface area contributed by atoms with Crippen LogP contribution < -0.4 is 5.32 Å². The van der Waals surface area contributed by atoms with Crippen LogP contribution in [0.1, 0.15) is 10.4 Å². The maximum absolute atomic E-state index is 11.8. The number of nitrogens with one attached hydrogen (secondary N) is 1. The molecule has 2 rings (SSSR count). The van der Waals surface area contributed by atoms with Crippen molar-refractivity contribution in [2.24, 2.45) is 0 Å². The molecule has 0 radical (unpaired) electrons. The minimum atomic E-state index is -1.56.